The van der Waals surface area contributed by atoms with Gasteiger partial charge in [-0.25, -0.2) is 0 Å². The molecule has 116 valence electrons. The highest BCUT2D eigenvalue weighted by Crippen LogP contribution is 2.24. The number of anilines is 1. The van der Waals surface area contributed by atoms with Gasteiger partial charge in [-0.2, -0.15) is 0 Å². The summed E-state index contributed by atoms with van der Waals surface area (Å²) in [6, 6.07) is 8.61. The van der Waals surface area contributed by atoms with E-state index in [9.17, 15) is 4.79 Å². The molecular weight excluding hydrogens is 286 g/mol. The van der Waals surface area contributed by atoms with E-state index in [1.54, 1.807) is 0 Å². The number of nitrogens with one attached hydrogen (secondary N) is 2. The second-order valence-electron chi connectivity index (χ2n) is 6.00. The lowest BCUT2D eigenvalue weighted by Gasteiger charge is -2.34. The van der Waals surface area contributed by atoms with Crippen molar-refractivity contribution in [2.45, 2.75) is 25.8 Å². The molecule has 2 saturated heterocycles. The maximum absolute atomic E-state index is 12.2. The zero-order valence-electron chi connectivity index (χ0n) is 12.5. The van der Waals surface area contributed by atoms with Crippen LogP contribution < -0.4 is 10.6 Å². The van der Waals surface area contributed by atoms with Gasteiger partial charge in [-0.1, -0.05) is 18.2 Å². The zero-order chi connectivity index (χ0) is 13.9. The van der Waals surface area contributed by atoms with Crippen LogP contribution >= 0.6 is 12.4 Å². The number of hydrogen-bond acceptors (Lipinski definition) is 3. The number of likely N-dealkylation sites (tertiary alicyclic amines) is 1. The van der Waals surface area contributed by atoms with Gasteiger partial charge in [0.2, 0.25) is 5.91 Å². The first kappa shape index (κ1) is 16.3. The molecule has 2 atom stereocenters. The number of nitrogens with zero attached hydrogens (tertiary/aromatic N) is 1. The van der Waals surface area contributed by atoms with E-state index in [0.717, 1.165) is 36.8 Å². The van der Waals surface area contributed by atoms with Crippen molar-refractivity contribution in [3.8, 4) is 0 Å². The molecule has 1 aromatic carbocycles. The topological polar surface area (TPSA) is 44.4 Å². The Labute approximate surface area is 132 Å². The molecule has 5 heteroatoms. The van der Waals surface area contributed by atoms with E-state index in [1.165, 1.54) is 12.8 Å². The molecule has 2 heterocycles. The van der Waals surface area contributed by atoms with Crippen LogP contribution in [-0.4, -0.2) is 43.0 Å². The number of rotatable bonds is 3. The monoisotopic (exact) mass is 309 g/mol. The first-order valence-electron chi connectivity index (χ1n) is 7.53. The maximum atomic E-state index is 12.2. The molecule has 4 nitrogen and oxygen atoms in total. The largest absolute Gasteiger partial charge is 0.325 e. The van der Waals surface area contributed by atoms with Crippen LogP contribution in [0.1, 0.15) is 18.4 Å². The predicted octanol–water partition coefficient (Wildman–Crippen LogP) is 2.04. The van der Waals surface area contributed by atoms with Gasteiger partial charge in [-0.05, 0) is 43.9 Å². The summed E-state index contributed by atoms with van der Waals surface area (Å²) in [4.78, 5) is 14.5. The van der Waals surface area contributed by atoms with Crippen LogP contribution in [-0.2, 0) is 4.79 Å². The van der Waals surface area contributed by atoms with Crippen molar-refractivity contribution < 1.29 is 4.79 Å². The van der Waals surface area contributed by atoms with Gasteiger partial charge in [-0.3, -0.25) is 9.69 Å². The number of halogens is 1. The minimum atomic E-state index is 0. The molecule has 0 radical (unpaired) electrons. The summed E-state index contributed by atoms with van der Waals surface area (Å²) < 4.78 is 0. The van der Waals surface area contributed by atoms with Gasteiger partial charge in [0.15, 0.2) is 0 Å². The molecular formula is C16H24ClN3O. The van der Waals surface area contributed by atoms with Crippen molar-refractivity contribution in [1.82, 2.24) is 10.2 Å². The van der Waals surface area contributed by atoms with E-state index in [1.807, 2.05) is 31.2 Å². The number of aryl methyl sites for hydroxylation is 1. The Kier molecular flexibility index (Phi) is 5.62. The fourth-order valence-corrected chi connectivity index (χ4v) is 3.37. The highest BCUT2D eigenvalue weighted by molar-refractivity contribution is 5.92. The smallest absolute Gasteiger partial charge is 0.238 e. The molecule has 2 fully saturated rings. The Morgan fingerprint density at radius 1 is 1.38 bits per heavy atom. The summed E-state index contributed by atoms with van der Waals surface area (Å²) in [5, 5.41) is 6.57. The van der Waals surface area contributed by atoms with Gasteiger partial charge in [0, 0.05) is 24.8 Å². The van der Waals surface area contributed by atoms with Gasteiger partial charge in [-0.15, -0.1) is 12.4 Å². The number of fused-ring (bicyclic) bond motifs is 1. The van der Waals surface area contributed by atoms with Gasteiger partial charge in [0.1, 0.15) is 0 Å². The number of piperidine rings is 1. The van der Waals surface area contributed by atoms with Crippen molar-refractivity contribution in [2.75, 3.05) is 31.5 Å². The Morgan fingerprint density at radius 2 is 2.19 bits per heavy atom. The fraction of sp³-hybridized carbons (Fsp3) is 0.562. The van der Waals surface area contributed by atoms with Crippen LogP contribution in [0.15, 0.2) is 24.3 Å². The second-order valence-corrected chi connectivity index (χ2v) is 6.00. The van der Waals surface area contributed by atoms with Gasteiger partial charge >= 0.3 is 0 Å². The highest BCUT2D eigenvalue weighted by atomic mass is 35.5. The number of hydrogen-bond donors (Lipinski definition) is 2. The van der Waals surface area contributed by atoms with Crippen molar-refractivity contribution >= 4 is 24.0 Å². The molecule has 1 amide bonds. The van der Waals surface area contributed by atoms with E-state index in [4.69, 9.17) is 0 Å². The van der Waals surface area contributed by atoms with Crippen LogP contribution in [0.2, 0.25) is 0 Å². The average molecular weight is 310 g/mol. The molecule has 0 saturated carbocycles. The molecule has 0 spiro atoms. The third kappa shape index (κ3) is 3.96. The number of amides is 1. The standard InChI is InChI=1S/C16H23N3O.ClH/c1-12-4-2-3-5-14(12)18-16(20)11-19-9-7-15-13(10-19)6-8-17-15;/h2-5,13,15,17H,6-11H2,1H3,(H,18,20);1H. The molecule has 2 aliphatic heterocycles. The summed E-state index contributed by atoms with van der Waals surface area (Å²) in [7, 11) is 0. The SMILES string of the molecule is Cc1ccccc1NC(=O)CN1CCC2NCCC2C1.Cl. The van der Waals surface area contributed by atoms with E-state index in [-0.39, 0.29) is 18.3 Å². The molecule has 1 aromatic rings. The molecule has 0 bridgehead atoms. The number of benzene rings is 1. The van der Waals surface area contributed by atoms with Crippen molar-refractivity contribution in [3.63, 3.8) is 0 Å². The third-order valence-electron chi connectivity index (χ3n) is 4.53. The molecule has 0 aromatic heterocycles. The third-order valence-corrected chi connectivity index (χ3v) is 4.53. The van der Waals surface area contributed by atoms with Crippen LogP contribution in [0.5, 0.6) is 0 Å². The number of carbonyl (C=O) groups is 1. The lowest BCUT2D eigenvalue weighted by molar-refractivity contribution is -0.117. The summed E-state index contributed by atoms with van der Waals surface area (Å²) in [5.74, 6) is 0.832. The second kappa shape index (κ2) is 7.25. The lowest BCUT2D eigenvalue weighted by Crippen LogP contribution is -2.46. The van der Waals surface area contributed by atoms with Crippen molar-refractivity contribution in [1.29, 1.82) is 0 Å². The summed E-state index contributed by atoms with van der Waals surface area (Å²) >= 11 is 0. The van der Waals surface area contributed by atoms with Crippen LogP contribution in [0.3, 0.4) is 0 Å². The van der Waals surface area contributed by atoms with Crippen LogP contribution in [0.4, 0.5) is 5.69 Å². The van der Waals surface area contributed by atoms with E-state index in [2.05, 4.69) is 15.5 Å². The summed E-state index contributed by atoms with van der Waals surface area (Å²) in [5.41, 5.74) is 2.04. The van der Waals surface area contributed by atoms with Crippen LogP contribution in [0, 0.1) is 12.8 Å². The molecule has 3 rings (SSSR count). The Balaban J connectivity index is 0.00000161. The molecule has 21 heavy (non-hydrogen) atoms. The van der Waals surface area contributed by atoms with Crippen molar-refractivity contribution in [2.24, 2.45) is 5.92 Å². The first-order valence-corrected chi connectivity index (χ1v) is 7.53. The zero-order valence-corrected chi connectivity index (χ0v) is 13.3. The van der Waals surface area contributed by atoms with Gasteiger partial charge in [0.05, 0.1) is 6.54 Å². The van der Waals surface area contributed by atoms with Gasteiger partial charge < -0.3 is 10.6 Å². The number of carbonyl (C=O) groups excluding carboxylic acids is 1. The molecule has 2 unspecified atom stereocenters. The van der Waals surface area contributed by atoms with Gasteiger partial charge in [0.25, 0.3) is 0 Å². The Morgan fingerprint density at radius 3 is 3.00 bits per heavy atom. The quantitative estimate of drug-likeness (QED) is 0.898. The van der Waals surface area contributed by atoms with E-state index < -0.39 is 0 Å². The first-order chi connectivity index (χ1) is 9.72. The van der Waals surface area contributed by atoms with Crippen LogP contribution in [0.25, 0.3) is 0 Å². The normalized spacial score (nSPS) is 25.0. The summed E-state index contributed by atoms with van der Waals surface area (Å²) in [6.45, 7) is 5.75. The average Bonchev–Trinajstić information content (AvgIpc) is 2.89. The predicted molar refractivity (Wildman–Crippen MR) is 88.0 cm³/mol. The molecule has 2 aliphatic rings. The fourth-order valence-electron chi connectivity index (χ4n) is 3.37. The minimum absolute atomic E-state index is 0. The van der Waals surface area contributed by atoms with E-state index in [0.29, 0.717) is 12.6 Å². The highest BCUT2D eigenvalue weighted by Gasteiger charge is 2.32. The van der Waals surface area contributed by atoms with Crippen molar-refractivity contribution in [3.05, 3.63) is 29.8 Å². The number of para-hydroxylation sites is 1. The van der Waals surface area contributed by atoms with E-state index >= 15 is 0 Å². The Bertz CT molecular complexity index is 494. The summed E-state index contributed by atoms with van der Waals surface area (Å²) in [6.07, 6.45) is 2.42. The molecule has 0 aliphatic carbocycles. The minimum Gasteiger partial charge on any atom is -0.325 e. The molecule has 2 N–H and O–H groups in total. The maximum Gasteiger partial charge on any atom is 0.238 e. The Hall–Kier alpha value is -1.10. The lowest BCUT2D eigenvalue weighted by atomic mass is 9.93.